The maximum atomic E-state index is 12.4. The summed E-state index contributed by atoms with van der Waals surface area (Å²) in [4.78, 5) is 35.5. The molecule has 0 spiro atoms. The summed E-state index contributed by atoms with van der Waals surface area (Å²) < 4.78 is 0. The van der Waals surface area contributed by atoms with Crippen molar-refractivity contribution in [2.75, 3.05) is 11.6 Å². The van der Waals surface area contributed by atoms with E-state index in [2.05, 4.69) is 10.6 Å². The molecule has 8 heteroatoms. The van der Waals surface area contributed by atoms with Gasteiger partial charge in [-0.3, -0.25) is 19.7 Å². The van der Waals surface area contributed by atoms with Crippen molar-refractivity contribution in [1.29, 1.82) is 0 Å². The summed E-state index contributed by atoms with van der Waals surface area (Å²) in [6.45, 7) is 4.05. The van der Waals surface area contributed by atoms with E-state index in [1.165, 1.54) is 17.8 Å². The minimum absolute atomic E-state index is 0.0510. The van der Waals surface area contributed by atoms with Gasteiger partial charge in [0.05, 0.1) is 9.82 Å². The zero-order valence-corrected chi connectivity index (χ0v) is 16.8. The Morgan fingerprint density at radius 1 is 1.21 bits per heavy atom. The van der Waals surface area contributed by atoms with Gasteiger partial charge in [0.2, 0.25) is 5.91 Å². The lowest BCUT2D eigenvalue weighted by Gasteiger charge is -2.11. The van der Waals surface area contributed by atoms with E-state index in [1.807, 2.05) is 19.9 Å². The first-order valence-corrected chi connectivity index (χ1v) is 10.1. The van der Waals surface area contributed by atoms with Gasteiger partial charge in [-0.1, -0.05) is 26.0 Å². The smallest absolute Gasteiger partial charge is 0.283 e. The predicted molar refractivity (Wildman–Crippen MR) is 111 cm³/mol. The summed E-state index contributed by atoms with van der Waals surface area (Å²) in [6, 6.07) is 11.6. The Hall–Kier alpha value is -2.87. The van der Waals surface area contributed by atoms with Crippen LogP contribution in [0.1, 0.15) is 36.2 Å². The van der Waals surface area contributed by atoms with Gasteiger partial charge in [0.1, 0.15) is 0 Å². The number of anilines is 1. The number of nitrogens with one attached hydrogen (secondary N) is 2. The Bertz CT molecular complexity index is 886. The lowest BCUT2D eigenvalue weighted by molar-refractivity contribution is -0.387. The molecule has 2 aromatic rings. The number of nitrogens with zero attached hydrogens (tertiary/aromatic N) is 1. The zero-order valence-electron chi connectivity index (χ0n) is 16.0. The van der Waals surface area contributed by atoms with Crippen LogP contribution >= 0.6 is 11.8 Å². The highest BCUT2D eigenvalue weighted by atomic mass is 32.2. The van der Waals surface area contributed by atoms with Gasteiger partial charge in [-0.25, -0.2) is 0 Å². The number of benzene rings is 2. The van der Waals surface area contributed by atoms with Crippen molar-refractivity contribution in [2.24, 2.45) is 5.92 Å². The van der Waals surface area contributed by atoms with Gasteiger partial charge in [-0.15, -0.1) is 11.8 Å². The van der Waals surface area contributed by atoms with E-state index < -0.39 is 10.8 Å². The fourth-order valence-electron chi connectivity index (χ4n) is 2.47. The average Bonchev–Trinajstić information content (AvgIpc) is 2.70. The van der Waals surface area contributed by atoms with E-state index in [9.17, 15) is 19.7 Å². The Morgan fingerprint density at radius 3 is 2.61 bits per heavy atom. The number of nitro groups is 1. The normalized spacial score (nSPS) is 11.5. The van der Waals surface area contributed by atoms with Crippen molar-refractivity contribution in [3.05, 3.63) is 63.7 Å². The SMILES string of the molecule is CCC(C)C(=O)Nc1cccc(CNC(=O)c2ccc(SC)c([N+](=O)[O-])c2)c1. The minimum Gasteiger partial charge on any atom is -0.348 e. The van der Waals surface area contributed by atoms with Crippen LogP contribution < -0.4 is 10.6 Å². The molecule has 0 heterocycles. The molecule has 2 rings (SSSR count). The number of carbonyl (C=O) groups excluding carboxylic acids is 2. The second-order valence-corrected chi connectivity index (χ2v) is 7.17. The molecule has 7 nitrogen and oxygen atoms in total. The van der Waals surface area contributed by atoms with E-state index >= 15 is 0 Å². The summed E-state index contributed by atoms with van der Waals surface area (Å²) in [5.41, 5.74) is 1.61. The maximum Gasteiger partial charge on any atom is 0.283 e. The molecule has 0 saturated carbocycles. The fourth-order valence-corrected chi connectivity index (χ4v) is 3.01. The van der Waals surface area contributed by atoms with Crippen LogP contribution in [0.25, 0.3) is 0 Å². The van der Waals surface area contributed by atoms with Crippen LogP contribution in [0.2, 0.25) is 0 Å². The van der Waals surface area contributed by atoms with Crippen LogP contribution in [0, 0.1) is 16.0 Å². The molecule has 2 N–H and O–H groups in total. The average molecular weight is 401 g/mol. The summed E-state index contributed by atoms with van der Waals surface area (Å²) in [5.74, 6) is -0.530. The number of rotatable bonds is 8. The summed E-state index contributed by atoms with van der Waals surface area (Å²) in [7, 11) is 0. The molecular weight excluding hydrogens is 378 g/mol. The Balaban J connectivity index is 2.05. The molecule has 28 heavy (non-hydrogen) atoms. The molecule has 1 unspecified atom stereocenters. The molecule has 1 atom stereocenters. The first-order chi connectivity index (χ1) is 13.3. The maximum absolute atomic E-state index is 12.4. The van der Waals surface area contributed by atoms with Crippen molar-refractivity contribution >= 4 is 35.0 Å². The lowest BCUT2D eigenvalue weighted by Crippen LogP contribution is -2.23. The zero-order chi connectivity index (χ0) is 20.7. The highest BCUT2D eigenvalue weighted by molar-refractivity contribution is 7.98. The molecule has 2 amide bonds. The highest BCUT2D eigenvalue weighted by Gasteiger charge is 2.17. The Kier molecular flexibility index (Phi) is 7.57. The van der Waals surface area contributed by atoms with Crippen LogP contribution in [0.3, 0.4) is 0 Å². The molecule has 0 fully saturated rings. The first kappa shape index (κ1) is 21.4. The molecule has 148 valence electrons. The van der Waals surface area contributed by atoms with Crippen molar-refractivity contribution < 1.29 is 14.5 Å². The molecule has 0 saturated heterocycles. The number of hydrogen-bond acceptors (Lipinski definition) is 5. The third-order valence-electron chi connectivity index (χ3n) is 4.35. The summed E-state index contributed by atoms with van der Waals surface area (Å²) >= 11 is 1.26. The molecule has 0 aliphatic rings. The van der Waals surface area contributed by atoms with Crippen molar-refractivity contribution in [3.63, 3.8) is 0 Å². The van der Waals surface area contributed by atoms with Crippen molar-refractivity contribution in [1.82, 2.24) is 5.32 Å². The van der Waals surface area contributed by atoms with Gasteiger partial charge in [0, 0.05) is 29.8 Å². The molecule has 0 bridgehead atoms. The van der Waals surface area contributed by atoms with E-state index in [0.717, 1.165) is 12.0 Å². The Labute approximate surface area is 168 Å². The van der Waals surface area contributed by atoms with Crippen LogP contribution in [-0.2, 0) is 11.3 Å². The van der Waals surface area contributed by atoms with E-state index in [-0.39, 0.29) is 29.6 Å². The van der Waals surface area contributed by atoms with Gasteiger partial charge in [-0.2, -0.15) is 0 Å². The van der Waals surface area contributed by atoms with Crippen molar-refractivity contribution in [3.8, 4) is 0 Å². The highest BCUT2D eigenvalue weighted by Crippen LogP contribution is 2.28. The van der Waals surface area contributed by atoms with Crippen molar-refractivity contribution in [2.45, 2.75) is 31.7 Å². The number of amides is 2. The number of hydrogen-bond donors (Lipinski definition) is 2. The second kappa shape index (κ2) is 9.89. The van der Waals surface area contributed by atoms with Gasteiger partial charge in [-0.05, 0) is 42.5 Å². The predicted octanol–water partition coefficient (Wildman–Crippen LogP) is 4.23. The minimum atomic E-state index is -0.494. The fraction of sp³-hybridized carbons (Fsp3) is 0.300. The number of thioether (sulfide) groups is 1. The van der Waals surface area contributed by atoms with Crippen LogP contribution in [0.5, 0.6) is 0 Å². The standard InChI is InChI=1S/C20H23N3O4S/c1-4-13(2)19(24)22-16-7-5-6-14(10-16)12-21-20(25)15-8-9-18(28-3)17(11-15)23(26)27/h5-11,13H,4,12H2,1-3H3,(H,21,25)(H,22,24). The second-order valence-electron chi connectivity index (χ2n) is 6.33. The van der Waals surface area contributed by atoms with E-state index in [1.54, 1.807) is 36.6 Å². The van der Waals surface area contributed by atoms with Gasteiger partial charge >= 0.3 is 0 Å². The third kappa shape index (κ3) is 5.56. The van der Waals surface area contributed by atoms with Gasteiger partial charge < -0.3 is 10.6 Å². The molecule has 0 aromatic heterocycles. The molecule has 0 aliphatic carbocycles. The monoisotopic (exact) mass is 401 g/mol. The molecular formula is C20H23N3O4S. The summed E-state index contributed by atoms with van der Waals surface area (Å²) in [6.07, 6.45) is 2.50. The van der Waals surface area contributed by atoms with Gasteiger partial charge in [0.15, 0.2) is 0 Å². The molecule has 2 aromatic carbocycles. The van der Waals surface area contributed by atoms with E-state index in [4.69, 9.17) is 0 Å². The molecule has 0 radical (unpaired) electrons. The largest absolute Gasteiger partial charge is 0.348 e. The van der Waals surface area contributed by atoms with E-state index in [0.29, 0.717) is 10.6 Å². The quantitative estimate of drug-likeness (QED) is 0.391. The lowest BCUT2D eigenvalue weighted by atomic mass is 10.1. The van der Waals surface area contributed by atoms with Crippen LogP contribution in [-0.4, -0.2) is 23.0 Å². The van der Waals surface area contributed by atoms with Crippen LogP contribution in [0.4, 0.5) is 11.4 Å². The molecule has 0 aliphatic heterocycles. The number of nitro benzene ring substituents is 1. The van der Waals surface area contributed by atoms with Gasteiger partial charge in [0.25, 0.3) is 11.6 Å². The Morgan fingerprint density at radius 2 is 1.96 bits per heavy atom. The third-order valence-corrected chi connectivity index (χ3v) is 5.13. The first-order valence-electron chi connectivity index (χ1n) is 8.86. The number of carbonyl (C=O) groups is 2. The topological polar surface area (TPSA) is 101 Å². The van der Waals surface area contributed by atoms with Crippen LogP contribution in [0.15, 0.2) is 47.4 Å². The summed E-state index contributed by atoms with van der Waals surface area (Å²) in [5, 5.41) is 16.8.